The molecular weight excluding hydrogens is 315 g/mol. The molecule has 0 bridgehead atoms. The van der Waals surface area contributed by atoms with Gasteiger partial charge in [0, 0.05) is 26.3 Å². The van der Waals surface area contributed by atoms with Gasteiger partial charge in [-0.3, -0.25) is 0 Å². The number of rotatable bonds is 4. The van der Waals surface area contributed by atoms with Crippen LogP contribution in [-0.2, 0) is 5.75 Å². The maximum atomic E-state index is 8.63. The Hall–Kier alpha value is -1.36. The number of nitrogens with two attached hydrogens (primary N) is 1. The zero-order chi connectivity index (χ0) is 14.5. The quantitative estimate of drug-likeness (QED) is 0.288. The normalized spacial score (nSPS) is 11.6. The van der Waals surface area contributed by atoms with E-state index in [1.807, 2.05) is 30.3 Å². The van der Waals surface area contributed by atoms with Crippen molar-refractivity contribution in [3.63, 3.8) is 0 Å². The molecule has 0 amide bonds. The number of hydrogen-bond donors (Lipinski definition) is 2. The lowest BCUT2D eigenvalue weighted by Crippen LogP contribution is -2.12. The predicted molar refractivity (Wildman–Crippen MR) is 85.0 cm³/mol. The first-order valence-corrected chi connectivity index (χ1v) is 7.49. The van der Waals surface area contributed by atoms with Crippen LogP contribution < -0.4 is 5.73 Å². The van der Waals surface area contributed by atoms with E-state index in [-0.39, 0.29) is 5.84 Å². The van der Waals surface area contributed by atoms with Crippen molar-refractivity contribution in [3.05, 3.63) is 63.6 Å². The Morgan fingerprint density at radius 3 is 2.65 bits per heavy atom. The van der Waals surface area contributed by atoms with Crippen LogP contribution in [0.1, 0.15) is 11.1 Å². The van der Waals surface area contributed by atoms with Crippen LogP contribution in [0.3, 0.4) is 0 Å². The lowest BCUT2D eigenvalue weighted by molar-refractivity contribution is 0.318. The van der Waals surface area contributed by atoms with Gasteiger partial charge in [-0.15, -0.1) is 11.8 Å². The number of oxime groups is 1. The summed E-state index contributed by atoms with van der Waals surface area (Å²) in [6.07, 6.45) is 0. The third-order valence-electron chi connectivity index (χ3n) is 2.65. The van der Waals surface area contributed by atoms with Crippen LogP contribution in [0, 0.1) is 0 Å². The lowest BCUT2D eigenvalue weighted by Gasteiger charge is -2.07. The molecule has 0 fully saturated rings. The van der Waals surface area contributed by atoms with Gasteiger partial charge in [-0.05, 0) is 29.8 Å². The number of hydrogen-bond acceptors (Lipinski definition) is 3. The van der Waals surface area contributed by atoms with Gasteiger partial charge in [-0.25, -0.2) is 0 Å². The predicted octanol–water partition coefficient (Wildman–Crippen LogP) is 4.38. The molecule has 0 heterocycles. The molecule has 3 N–H and O–H groups in total. The SMILES string of the molecule is N/C(=N/O)c1ccc(CSc2cccc(Cl)c2)c(Cl)c1. The molecule has 0 aliphatic heterocycles. The fraction of sp³-hybridized carbons (Fsp3) is 0.0714. The average Bonchev–Trinajstić information content (AvgIpc) is 2.45. The van der Waals surface area contributed by atoms with Gasteiger partial charge in [-0.2, -0.15) is 0 Å². The van der Waals surface area contributed by atoms with Crippen LogP contribution in [0.25, 0.3) is 0 Å². The Morgan fingerprint density at radius 2 is 2.00 bits per heavy atom. The van der Waals surface area contributed by atoms with E-state index in [9.17, 15) is 0 Å². The number of thioether (sulfide) groups is 1. The third kappa shape index (κ3) is 3.82. The largest absolute Gasteiger partial charge is 0.409 e. The number of benzene rings is 2. The minimum absolute atomic E-state index is 0.0425. The molecule has 6 heteroatoms. The number of nitrogens with zero attached hydrogens (tertiary/aromatic N) is 1. The highest BCUT2D eigenvalue weighted by atomic mass is 35.5. The molecule has 3 nitrogen and oxygen atoms in total. The highest BCUT2D eigenvalue weighted by Crippen LogP contribution is 2.28. The van der Waals surface area contributed by atoms with E-state index in [0.717, 1.165) is 16.2 Å². The summed E-state index contributed by atoms with van der Waals surface area (Å²) >= 11 is 13.8. The second-order valence-corrected chi connectivity index (χ2v) is 5.93. The van der Waals surface area contributed by atoms with Crippen LogP contribution in [0.2, 0.25) is 10.0 Å². The van der Waals surface area contributed by atoms with E-state index in [2.05, 4.69) is 5.16 Å². The van der Waals surface area contributed by atoms with E-state index in [4.69, 9.17) is 34.1 Å². The standard InChI is InChI=1S/C14H12Cl2N2OS/c15-11-2-1-3-12(7-11)20-8-10-5-4-9(6-13(10)16)14(17)18-19/h1-7,19H,8H2,(H2,17,18). The molecule has 0 unspecified atom stereocenters. The van der Waals surface area contributed by atoms with Crippen LogP contribution in [0.15, 0.2) is 52.5 Å². The van der Waals surface area contributed by atoms with Gasteiger partial charge >= 0.3 is 0 Å². The van der Waals surface area contributed by atoms with E-state index < -0.39 is 0 Å². The fourth-order valence-electron chi connectivity index (χ4n) is 1.60. The van der Waals surface area contributed by atoms with Gasteiger partial charge < -0.3 is 10.9 Å². The van der Waals surface area contributed by atoms with E-state index in [1.54, 1.807) is 23.9 Å². The Morgan fingerprint density at radius 1 is 1.20 bits per heavy atom. The summed E-state index contributed by atoms with van der Waals surface area (Å²) in [5.41, 5.74) is 7.09. The monoisotopic (exact) mass is 326 g/mol. The van der Waals surface area contributed by atoms with E-state index in [1.165, 1.54) is 0 Å². The molecule has 0 saturated heterocycles. The first kappa shape index (κ1) is 15.0. The average molecular weight is 327 g/mol. The summed E-state index contributed by atoms with van der Waals surface area (Å²) in [6, 6.07) is 13.0. The zero-order valence-electron chi connectivity index (χ0n) is 10.4. The maximum Gasteiger partial charge on any atom is 0.170 e. The van der Waals surface area contributed by atoms with Crippen molar-refractivity contribution in [3.8, 4) is 0 Å². The summed E-state index contributed by atoms with van der Waals surface area (Å²) in [7, 11) is 0. The summed E-state index contributed by atoms with van der Waals surface area (Å²) in [6.45, 7) is 0. The van der Waals surface area contributed by atoms with Crippen LogP contribution in [0.4, 0.5) is 0 Å². The highest BCUT2D eigenvalue weighted by molar-refractivity contribution is 7.98. The second-order valence-electron chi connectivity index (χ2n) is 4.04. The minimum Gasteiger partial charge on any atom is -0.409 e. The number of amidine groups is 1. The maximum absolute atomic E-state index is 8.63. The second kappa shape index (κ2) is 6.88. The molecule has 2 rings (SSSR count). The molecule has 104 valence electrons. The van der Waals surface area contributed by atoms with Crippen molar-refractivity contribution in [1.82, 2.24) is 0 Å². The highest BCUT2D eigenvalue weighted by Gasteiger charge is 2.06. The van der Waals surface area contributed by atoms with Crippen molar-refractivity contribution in [2.24, 2.45) is 10.9 Å². The van der Waals surface area contributed by atoms with E-state index in [0.29, 0.717) is 15.6 Å². The first-order valence-electron chi connectivity index (χ1n) is 5.75. The summed E-state index contributed by atoms with van der Waals surface area (Å²) in [4.78, 5) is 1.08. The van der Waals surface area contributed by atoms with Crippen LogP contribution in [-0.4, -0.2) is 11.0 Å². The van der Waals surface area contributed by atoms with Crippen molar-refractivity contribution < 1.29 is 5.21 Å². The molecule has 0 saturated carbocycles. The van der Waals surface area contributed by atoms with Gasteiger partial charge in [0.25, 0.3) is 0 Å². The van der Waals surface area contributed by atoms with E-state index >= 15 is 0 Å². The van der Waals surface area contributed by atoms with Gasteiger partial charge in [0.15, 0.2) is 5.84 Å². The summed E-state index contributed by atoms with van der Waals surface area (Å²) in [5.74, 6) is 0.760. The molecule has 2 aromatic rings. The van der Waals surface area contributed by atoms with Crippen LogP contribution in [0.5, 0.6) is 0 Å². The molecule has 0 atom stereocenters. The Labute approximate surface area is 131 Å². The Balaban J connectivity index is 2.11. The Bertz CT molecular complexity index is 647. The smallest absolute Gasteiger partial charge is 0.170 e. The molecule has 0 spiro atoms. The van der Waals surface area contributed by atoms with Gasteiger partial charge in [0.2, 0.25) is 0 Å². The lowest BCUT2D eigenvalue weighted by atomic mass is 10.1. The van der Waals surface area contributed by atoms with Gasteiger partial charge in [-0.1, -0.05) is 46.6 Å². The van der Waals surface area contributed by atoms with Crippen molar-refractivity contribution in [2.45, 2.75) is 10.6 Å². The third-order valence-corrected chi connectivity index (χ3v) is 4.28. The van der Waals surface area contributed by atoms with Gasteiger partial charge in [0.05, 0.1) is 0 Å². The first-order chi connectivity index (χ1) is 9.60. The molecule has 0 radical (unpaired) electrons. The molecule has 2 aromatic carbocycles. The summed E-state index contributed by atoms with van der Waals surface area (Å²) in [5, 5.41) is 12.9. The molecule has 20 heavy (non-hydrogen) atoms. The zero-order valence-corrected chi connectivity index (χ0v) is 12.7. The molecular formula is C14H12Cl2N2OS. The molecule has 0 aliphatic carbocycles. The number of halogens is 2. The minimum atomic E-state index is 0.0425. The van der Waals surface area contributed by atoms with Gasteiger partial charge in [0.1, 0.15) is 0 Å². The molecule has 0 aromatic heterocycles. The fourth-order valence-corrected chi connectivity index (χ4v) is 3.14. The van der Waals surface area contributed by atoms with Crippen molar-refractivity contribution in [1.29, 1.82) is 0 Å². The molecule has 0 aliphatic rings. The van der Waals surface area contributed by atoms with Crippen molar-refractivity contribution in [2.75, 3.05) is 0 Å². The topological polar surface area (TPSA) is 58.6 Å². The Kier molecular flexibility index (Phi) is 5.17. The summed E-state index contributed by atoms with van der Waals surface area (Å²) < 4.78 is 0. The van der Waals surface area contributed by atoms with Crippen LogP contribution >= 0.6 is 35.0 Å². The van der Waals surface area contributed by atoms with Crippen molar-refractivity contribution >= 4 is 40.8 Å².